The summed E-state index contributed by atoms with van der Waals surface area (Å²) in [4.78, 5) is 29.6. The number of hydrogen-bond donors (Lipinski definition) is 1. The highest BCUT2D eigenvalue weighted by molar-refractivity contribution is 6.30. The Labute approximate surface area is 167 Å². The van der Waals surface area contributed by atoms with Gasteiger partial charge in [0, 0.05) is 36.8 Å². The Morgan fingerprint density at radius 2 is 1.78 bits per heavy atom. The van der Waals surface area contributed by atoms with E-state index in [-0.39, 0.29) is 17.7 Å². The molecule has 3 rings (SSSR count). The lowest BCUT2D eigenvalue weighted by Crippen LogP contribution is -2.48. The van der Waals surface area contributed by atoms with Crippen molar-refractivity contribution in [2.75, 3.05) is 39.8 Å². The van der Waals surface area contributed by atoms with Gasteiger partial charge in [0.05, 0.1) is 5.92 Å². The largest absolute Gasteiger partial charge is 0.342 e. The number of rotatable bonds is 5. The predicted octanol–water partition coefficient (Wildman–Crippen LogP) is 3.04. The Morgan fingerprint density at radius 1 is 1.07 bits per heavy atom. The van der Waals surface area contributed by atoms with E-state index in [0.29, 0.717) is 17.1 Å². The van der Waals surface area contributed by atoms with Crippen molar-refractivity contribution in [2.45, 2.75) is 32.1 Å². The van der Waals surface area contributed by atoms with E-state index in [0.717, 1.165) is 57.8 Å². The average molecular weight is 392 g/mol. The van der Waals surface area contributed by atoms with E-state index in [4.69, 9.17) is 11.6 Å². The van der Waals surface area contributed by atoms with Gasteiger partial charge < -0.3 is 15.1 Å². The quantitative estimate of drug-likeness (QED) is 0.839. The monoisotopic (exact) mass is 391 g/mol. The zero-order chi connectivity index (χ0) is 19.2. The van der Waals surface area contributed by atoms with Gasteiger partial charge in [0.25, 0.3) is 5.91 Å². The van der Waals surface area contributed by atoms with Crippen molar-refractivity contribution in [2.24, 2.45) is 11.8 Å². The van der Waals surface area contributed by atoms with Crippen LogP contribution in [0.2, 0.25) is 5.02 Å². The normalized spacial score (nSPS) is 21.3. The highest BCUT2D eigenvalue weighted by atomic mass is 35.5. The summed E-state index contributed by atoms with van der Waals surface area (Å²) in [5.41, 5.74) is 0.637. The first-order valence-corrected chi connectivity index (χ1v) is 10.4. The maximum atomic E-state index is 13.0. The number of hydrogen-bond acceptors (Lipinski definition) is 3. The number of nitrogens with zero attached hydrogens (tertiary/aromatic N) is 2. The molecule has 2 amide bonds. The molecule has 1 unspecified atom stereocenters. The fourth-order valence-corrected chi connectivity index (χ4v) is 4.31. The number of amides is 2. The first kappa shape index (κ1) is 20.2. The highest BCUT2D eigenvalue weighted by Gasteiger charge is 2.33. The van der Waals surface area contributed by atoms with Crippen LogP contribution in [0.25, 0.3) is 0 Å². The van der Waals surface area contributed by atoms with E-state index in [2.05, 4.69) is 5.32 Å². The lowest BCUT2D eigenvalue weighted by Gasteiger charge is -2.38. The molecule has 2 aliphatic rings. The van der Waals surface area contributed by atoms with E-state index < -0.39 is 0 Å². The summed E-state index contributed by atoms with van der Waals surface area (Å²) in [5.74, 6) is 0.880. The number of halogens is 1. The molecule has 1 N–H and O–H groups in total. The van der Waals surface area contributed by atoms with Crippen molar-refractivity contribution < 1.29 is 9.59 Å². The summed E-state index contributed by atoms with van der Waals surface area (Å²) in [6.07, 6.45) is 5.13. The van der Waals surface area contributed by atoms with Gasteiger partial charge in [0.1, 0.15) is 0 Å². The number of likely N-dealkylation sites (tertiary alicyclic amines) is 2. The fourth-order valence-electron chi connectivity index (χ4n) is 4.19. The SMILES string of the molecule is CNCCC1CCN(C(=O)C2CCCN(C(=O)c3ccc(Cl)cc3)C2)CC1. The number of carbonyl (C=O) groups is 2. The minimum atomic E-state index is -0.0659. The van der Waals surface area contributed by atoms with Crippen LogP contribution in [0, 0.1) is 11.8 Å². The van der Waals surface area contributed by atoms with Crippen LogP contribution in [-0.2, 0) is 4.79 Å². The number of piperidine rings is 2. The van der Waals surface area contributed by atoms with Crippen LogP contribution in [-0.4, -0.2) is 61.4 Å². The average Bonchev–Trinajstić information content (AvgIpc) is 2.72. The molecule has 2 fully saturated rings. The minimum absolute atomic E-state index is 0.00468. The number of benzene rings is 1. The van der Waals surface area contributed by atoms with Gasteiger partial charge in [-0.3, -0.25) is 9.59 Å². The van der Waals surface area contributed by atoms with E-state index >= 15 is 0 Å². The molecule has 0 radical (unpaired) electrons. The van der Waals surface area contributed by atoms with Crippen LogP contribution in [0.4, 0.5) is 0 Å². The summed E-state index contributed by atoms with van der Waals surface area (Å²) >= 11 is 5.91. The Balaban J connectivity index is 1.54. The maximum Gasteiger partial charge on any atom is 0.253 e. The molecule has 0 spiro atoms. The molecule has 6 heteroatoms. The highest BCUT2D eigenvalue weighted by Crippen LogP contribution is 2.25. The predicted molar refractivity (Wildman–Crippen MR) is 108 cm³/mol. The first-order valence-electron chi connectivity index (χ1n) is 10.1. The third-order valence-corrected chi connectivity index (χ3v) is 6.13. The molecule has 2 aliphatic heterocycles. The standard InChI is InChI=1S/C21H30ClN3O2/c1-23-11-8-16-9-13-24(14-10-16)21(27)18-3-2-12-25(15-18)20(26)17-4-6-19(22)7-5-17/h4-7,16,18,23H,2-3,8-15H2,1H3. The van der Waals surface area contributed by atoms with Gasteiger partial charge >= 0.3 is 0 Å². The van der Waals surface area contributed by atoms with Crippen molar-refractivity contribution in [3.05, 3.63) is 34.9 Å². The molecular weight excluding hydrogens is 362 g/mol. The molecule has 2 heterocycles. The Kier molecular flexibility index (Phi) is 7.13. The molecule has 27 heavy (non-hydrogen) atoms. The van der Waals surface area contributed by atoms with E-state index in [1.165, 1.54) is 6.42 Å². The second kappa shape index (κ2) is 9.56. The van der Waals surface area contributed by atoms with Crippen LogP contribution >= 0.6 is 11.6 Å². The van der Waals surface area contributed by atoms with Crippen molar-refractivity contribution >= 4 is 23.4 Å². The van der Waals surface area contributed by atoms with Crippen molar-refractivity contribution in [3.63, 3.8) is 0 Å². The molecule has 148 valence electrons. The van der Waals surface area contributed by atoms with Crippen LogP contribution in [0.5, 0.6) is 0 Å². The van der Waals surface area contributed by atoms with Gasteiger partial charge in [-0.1, -0.05) is 11.6 Å². The molecule has 0 aromatic heterocycles. The van der Waals surface area contributed by atoms with Crippen LogP contribution in [0.3, 0.4) is 0 Å². The minimum Gasteiger partial charge on any atom is -0.342 e. The second-order valence-electron chi connectivity index (χ2n) is 7.76. The summed E-state index contributed by atoms with van der Waals surface area (Å²) in [7, 11) is 1.98. The molecule has 1 atom stereocenters. The van der Waals surface area contributed by atoms with Crippen LogP contribution in [0.15, 0.2) is 24.3 Å². The molecule has 0 bridgehead atoms. The van der Waals surface area contributed by atoms with Crippen molar-refractivity contribution in [3.8, 4) is 0 Å². The lowest BCUT2D eigenvalue weighted by atomic mass is 9.91. The van der Waals surface area contributed by atoms with Gasteiger partial charge in [0.2, 0.25) is 5.91 Å². The van der Waals surface area contributed by atoms with Gasteiger partial charge in [-0.05, 0) is 75.9 Å². The Hall–Kier alpha value is -1.59. The van der Waals surface area contributed by atoms with E-state index in [1.807, 2.05) is 16.8 Å². The summed E-state index contributed by atoms with van der Waals surface area (Å²) in [5, 5.41) is 3.83. The second-order valence-corrected chi connectivity index (χ2v) is 8.19. The van der Waals surface area contributed by atoms with E-state index in [9.17, 15) is 9.59 Å². The maximum absolute atomic E-state index is 13.0. The number of carbonyl (C=O) groups excluding carboxylic acids is 2. The van der Waals surface area contributed by atoms with E-state index in [1.54, 1.807) is 24.3 Å². The summed E-state index contributed by atoms with van der Waals surface area (Å²) in [6.45, 7) is 4.00. The smallest absolute Gasteiger partial charge is 0.253 e. The topological polar surface area (TPSA) is 52.7 Å². The molecule has 1 aromatic carbocycles. The van der Waals surface area contributed by atoms with Crippen LogP contribution < -0.4 is 5.32 Å². The van der Waals surface area contributed by atoms with Gasteiger partial charge in [0.15, 0.2) is 0 Å². The zero-order valence-corrected chi connectivity index (χ0v) is 16.9. The summed E-state index contributed by atoms with van der Waals surface area (Å²) < 4.78 is 0. The third-order valence-electron chi connectivity index (χ3n) is 5.88. The van der Waals surface area contributed by atoms with Gasteiger partial charge in [-0.25, -0.2) is 0 Å². The molecule has 0 aliphatic carbocycles. The molecule has 5 nitrogen and oxygen atoms in total. The fraction of sp³-hybridized carbons (Fsp3) is 0.619. The third kappa shape index (κ3) is 5.23. The number of nitrogens with one attached hydrogen (secondary N) is 1. The molecule has 2 saturated heterocycles. The molecule has 1 aromatic rings. The molecular formula is C21H30ClN3O2. The zero-order valence-electron chi connectivity index (χ0n) is 16.1. The Bertz CT molecular complexity index is 641. The lowest BCUT2D eigenvalue weighted by molar-refractivity contribution is -0.138. The van der Waals surface area contributed by atoms with Crippen molar-refractivity contribution in [1.82, 2.24) is 15.1 Å². The van der Waals surface area contributed by atoms with Gasteiger partial charge in [-0.15, -0.1) is 0 Å². The van der Waals surface area contributed by atoms with Gasteiger partial charge in [-0.2, -0.15) is 0 Å². The molecule has 0 saturated carbocycles. The van der Waals surface area contributed by atoms with Crippen LogP contribution in [0.1, 0.15) is 42.5 Å². The Morgan fingerprint density at radius 3 is 2.44 bits per heavy atom. The first-order chi connectivity index (χ1) is 13.1. The van der Waals surface area contributed by atoms with Crippen molar-refractivity contribution in [1.29, 1.82) is 0 Å². The summed E-state index contributed by atoms with van der Waals surface area (Å²) in [6, 6.07) is 6.98.